The van der Waals surface area contributed by atoms with E-state index in [2.05, 4.69) is 21.5 Å². The van der Waals surface area contributed by atoms with Gasteiger partial charge in [-0.25, -0.2) is 13.8 Å². The molecule has 0 bridgehead atoms. The van der Waals surface area contributed by atoms with Crippen molar-refractivity contribution in [1.82, 2.24) is 4.98 Å². The summed E-state index contributed by atoms with van der Waals surface area (Å²) in [5.41, 5.74) is 5.70. The Balaban J connectivity index is 1.85. The molecular weight excluding hydrogens is 411 g/mol. The van der Waals surface area contributed by atoms with Crippen LogP contribution in [0.2, 0.25) is 10.0 Å². The van der Waals surface area contributed by atoms with Crippen LogP contribution >= 0.6 is 35.1 Å². The summed E-state index contributed by atoms with van der Waals surface area (Å²) < 4.78 is 31.5. The molecule has 0 aliphatic heterocycles. The molecule has 1 heterocycles. The number of halogens is 4. The standard InChI is InChI=1S/C19H11Cl2F2N3S/c20-12-3-5-14(21)17(9-12)27-26-16-7-6-15(22)13(19(16)23)4-1-11-2-8-18(24)25-10-11/h2-3,5-10,26H,(H2,24,25). The molecule has 0 spiro atoms. The zero-order valence-corrected chi connectivity index (χ0v) is 15.9. The van der Waals surface area contributed by atoms with Gasteiger partial charge in [0.05, 0.1) is 16.3 Å². The molecule has 0 fully saturated rings. The van der Waals surface area contributed by atoms with Crippen molar-refractivity contribution in [1.29, 1.82) is 0 Å². The third kappa shape index (κ3) is 4.83. The topological polar surface area (TPSA) is 50.9 Å². The molecule has 3 aromatic rings. The van der Waals surface area contributed by atoms with E-state index in [1.165, 1.54) is 12.3 Å². The minimum atomic E-state index is -0.809. The van der Waals surface area contributed by atoms with E-state index in [0.717, 1.165) is 18.0 Å². The molecule has 1 aromatic heterocycles. The zero-order chi connectivity index (χ0) is 19.4. The minimum absolute atomic E-state index is 0.0668. The number of rotatable bonds is 3. The Labute approximate surface area is 169 Å². The van der Waals surface area contributed by atoms with Gasteiger partial charge in [-0.2, -0.15) is 0 Å². The number of hydrogen-bond donors (Lipinski definition) is 2. The molecule has 0 amide bonds. The smallest absolute Gasteiger partial charge is 0.165 e. The number of pyridine rings is 1. The van der Waals surface area contributed by atoms with Gasteiger partial charge in [-0.1, -0.05) is 35.0 Å². The second kappa shape index (κ2) is 8.49. The molecular formula is C19H11Cl2F2N3S. The summed E-state index contributed by atoms with van der Waals surface area (Å²) in [6, 6.07) is 10.5. The highest BCUT2D eigenvalue weighted by molar-refractivity contribution is 8.00. The van der Waals surface area contributed by atoms with Crippen LogP contribution in [0.1, 0.15) is 11.1 Å². The largest absolute Gasteiger partial charge is 0.384 e. The molecule has 0 aliphatic carbocycles. The number of anilines is 2. The highest BCUT2D eigenvalue weighted by Gasteiger charge is 2.13. The van der Waals surface area contributed by atoms with Crippen LogP contribution in [-0.2, 0) is 0 Å². The fraction of sp³-hybridized carbons (Fsp3) is 0. The van der Waals surface area contributed by atoms with Crippen LogP contribution in [-0.4, -0.2) is 4.98 Å². The first-order valence-electron chi connectivity index (χ1n) is 7.53. The Morgan fingerprint density at radius 2 is 1.85 bits per heavy atom. The van der Waals surface area contributed by atoms with Crippen LogP contribution in [0.15, 0.2) is 53.6 Å². The fourth-order valence-electron chi connectivity index (χ4n) is 2.03. The molecule has 0 atom stereocenters. The van der Waals surface area contributed by atoms with Crippen molar-refractivity contribution >= 4 is 46.7 Å². The third-order valence-corrected chi connectivity index (χ3v) is 4.93. The first-order chi connectivity index (χ1) is 12.9. The Morgan fingerprint density at radius 1 is 1.04 bits per heavy atom. The van der Waals surface area contributed by atoms with Crippen molar-refractivity contribution in [3.63, 3.8) is 0 Å². The van der Waals surface area contributed by atoms with Gasteiger partial charge in [0.2, 0.25) is 0 Å². The van der Waals surface area contributed by atoms with Crippen LogP contribution in [0, 0.1) is 23.5 Å². The first-order valence-corrected chi connectivity index (χ1v) is 9.11. The molecule has 3 rings (SSSR count). The molecule has 27 heavy (non-hydrogen) atoms. The van der Waals surface area contributed by atoms with E-state index in [0.29, 0.717) is 26.3 Å². The second-order valence-electron chi connectivity index (χ2n) is 5.28. The monoisotopic (exact) mass is 421 g/mol. The number of nitrogen functional groups attached to an aromatic ring is 1. The van der Waals surface area contributed by atoms with Crippen molar-refractivity contribution in [3.8, 4) is 11.8 Å². The van der Waals surface area contributed by atoms with Crippen molar-refractivity contribution < 1.29 is 8.78 Å². The third-order valence-electron chi connectivity index (χ3n) is 3.37. The van der Waals surface area contributed by atoms with Gasteiger partial charge in [-0.15, -0.1) is 0 Å². The predicted molar refractivity (Wildman–Crippen MR) is 107 cm³/mol. The second-order valence-corrected chi connectivity index (χ2v) is 6.98. The van der Waals surface area contributed by atoms with Gasteiger partial charge in [0.25, 0.3) is 0 Å². The summed E-state index contributed by atoms with van der Waals surface area (Å²) in [4.78, 5) is 4.49. The van der Waals surface area contributed by atoms with Gasteiger partial charge in [0.1, 0.15) is 11.6 Å². The van der Waals surface area contributed by atoms with Gasteiger partial charge in [0, 0.05) is 21.7 Å². The van der Waals surface area contributed by atoms with E-state index < -0.39 is 11.6 Å². The summed E-state index contributed by atoms with van der Waals surface area (Å²) >= 11 is 13.1. The molecule has 2 aromatic carbocycles. The highest BCUT2D eigenvalue weighted by atomic mass is 35.5. The zero-order valence-electron chi connectivity index (χ0n) is 13.6. The lowest BCUT2D eigenvalue weighted by Crippen LogP contribution is -1.97. The van der Waals surface area contributed by atoms with Crippen LogP contribution in [0.4, 0.5) is 20.3 Å². The first kappa shape index (κ1) is 19.3. The Morgan fingerprint density at radius 3 is 2.59 bits per heavy atom. The number of aromatic nitrogens is 1. The van der Waals surface area contributed by atoms with Crippen LogP contribution in [0.5, 0.6) is 0 Å². The lowest BCUT2D eigenvalue weighted by molar-refractivity contribution is 0.580. The lowest BCUT2D eigenvalue weighted by Gasteiger charge is -2.09. The highest BCUT2D eigenvalue weighted by Crippen LogP contribution is 2.32. The number of hydrogen-bond acceptors (Lipinski definition) is 4. The van der Waals surface area contributed by atoms with E-state index in [-0.39, 0.29) is 11.3 Å². The SMILES string of the molecule is Nc1ccc(C#Cc2c(F)ccc(NSc3cc(Cl)ccc3Cl)c2F)cn1. The molecule has 0 saturated heterocycles. The van der Waals surface area contributed by atoms with Crippen molar-refractivity contribution in [2.24, 2.45) is 0 Å². The maximum Gasteiger partial charge on any atom is 0.165 e. The predicted octanol–water partition coefficient (Wildman–Crippen LogP) is 5.77. The van der Waals surface area contributed by atoms with Gasteiger partial charge in [0.15, 0.2) is 5.82 Å². The summed E-state index contributed by atoms with van der Waals surface area (Å²) in [6.07, 6.45) is 1.43. The Hall–Kier alpha value is -2.46. The van der Waals surface area contributed by atoms with Crippen molar-refractivity contribution in [2.75, 3.05) is 10.5 Å². The van der Waals surface area contributed by atoms with E-state index in [9.17, 15) is 8.78 Å². The lowest BCUT2D eigenvalue weighted by atomic mass is 10.1. The average molecular weight is 422 g/mol. The van der Waals surface area contributed by atoms with E-state index in [4.69, 9.17) is 28.9 Å². The number of nitrogens with zero attached hydrogens (tertiary/aromatic N) is 1. The van der Waals surface area contributed by atoms with Gasteiger partial charge < -0.3 is 10.5 Å². The molecule has 0 saturated carbocycles. The number of nitrogens with one attached hydrogen (secondary N) is 1. The summed E-state index contributed by atoms with van der Waals surface area (Å²) in [5, 5.41) is 0.947. The summed E-state index contributed by atoms with van der Waals surface area (Å²) in [7, 11) is 0. The van der Waals surface area contributed by atoms with E-state index >= 15 is 0 Å². The Bertz CT molecular complexity index is 1050. The number of nitrogens with two attached hydrogens (primary N) is 1. The molecule has 136 valence electrons. The molecule has 0 unspecified atom stereocenters. The Kier molecular flexibility index (Phi) is 6.07. The summed E-state index contributed by atoms with van der Waals surface area (Å²) in [5.74, 6) is 3.93. The maximum atomic E-state index is 14.7. The van der Waals surface area contributed by atoms with Gasteiger partial charge in [-0.3, -0.25) is 0 Å². The van der Waals surface area contributed by atoms with Crippen molar-refractivity contribution in [2.45, 2.75) is 4.90 Å². The molecule has 8 heteroatoms. The molecule has 0 aliphatic rings. The molecule has 3 N–H and O–H groups in total. The maximum absolute atomic E-state index is 14.7. The van der Waals surface area contributed by atoms with E-state index in [1.54, 1.807) is 30.3 Å². The van der Waals surface area contributed by atoms with Crippen LogP contribution in [0.3, 0.4) is 0 Å². The minimum Gasteiger partial charge on any atom is -0.384 e. The average Bonchev–Trinajstić information content (AvgIpc) is 2.65. The van der Waals surface area contributed by atoms with Crippen LogP contribution < -0.4 is 10.5 Å². The van der Waals surface area contributed by atoms with Crippen molar-refractivity contribution in [3.05, 3.63) is 81.5 Å². The number of benzene rings is 2. The van der Waals surface area contributed by atoms with Crippen LogP contribution in [0.25, 0.3) is 0 Å². The quantitative estimate of drug-likeness (QED) is 0.416. The molecule has 3 nitrogen and oxygen atoms in total. The normalized spacial score (nSPS) is 10.2. The molecule has 0 radical (unpaired) electrons. The van der Waals surface area contributed by atoms with Gasteiger partial charge in [-0.05, 0) is 54.4 Å². The fourth-order valence-corrected chi connectivity index (χ4v) is 3.22. The van der Waals surface area contributed by atoms with E-state index in [1.807, 2.05) is 0 Å². The summed E-state index contributed by atoms with van der Waals surface area (Å²) in [6.45, 7) is 0. The van der Waals surface area contributed by atoms with Gasteiger partial charge >= 0.3 is 0 Å².